The van der Waals surface area contributed by atoms with Crippen LogP contribution in [0.15, 0.2) is 11.6 Å². The van der Waals surface area contributed by atoms with Gasteiger partial charge in [0, 0.05) is 0 Å². The van der Waals surface area contributed by atoms with Gasteiger partial charge in [-0.05, 0) is 97.2 Å². The zero-order chi connectivity index (χ0) is 36.1. The number of fused-ring (bicyclic) bond motifs is 7. The molecule has 5 aliphatic carbocycles. The van der Waals surface area contributed by atoms with Gasteiger partial charge in [0.05, 0.1) is 31.8 Å². The SMILES string of the molecule is COC(=O)[C@H]1O[C@@H](O[C@H]2CC[C@]3(C)[C@H]4CC=C5[C@@H]6CC(C)(C)CC[C@]6(C(=O)OC)[C@H](O)C[C@@]5(C)[C@]4(C)CC[C@H]3[C@]2(C)C=O)[C@H](O)[C@@H](O)[C@@H]1O. The molecular weight excluding hydrogens is 632 g/mol. The predicted molar refractivity (Wildman–Crippen MR) is 176 cm³/mol. The molecular formula is C38H58O11. The van der Waals surface area contributed by atoms with Crippen molar-refractivity contribution in [1.29, 1.82) is 0 Å². The molecule has 0 aromatic carbocycles. The maximum Gasteiger partial charge on any atom is 0.337 e. The molecule has 6 rings (SSSR count). The molecule has 0 aromatic rings. The molecule has 0 aromatic heterocycles. The third-order valence-electron chi connectivity index (χ3n) is 15.5. The first-order valence-corrected chi connectivity index (χ1v) is 18.2. The number of carbonyl (C=O) groups excluding carboxylic acids is 3. The van der Waals surface area contributed by atoms with E-state index in [1.54, 1.807) is 0 Å². The molecule has 0 spiro atoms. The summed E-state index contributed by atoms with van der Waals surface area (Å²) in [5, 5.41) is 43.8. The van der Waals surface area contributed by atoms with Crippen molar-refractivity contribution in [2.45, 2.75) is 142 Å². The second-order valence-electron chi connectivity index (χ2n) is 18.0. The van der Waals surface area contributed by atoms with Crippen LogP contribution < -0.4 is 0 Å². The molecule has 0 radical (unpaired) electrons. The van der Waals surface area contributed by atoms with Crippen LogP contribution in [0.5, 0.6) is 0 Å². The zero-order valence-electron chi connectivity index (χ0n) is 30.4. The number of esters is 2. The average Bonchev–Trinajstić information content (AvgIpc) is 3.05. The standard InChI is InChI=1S/C38H58O11/c1-33(2)15-16-38(32(45)47-8)21(17-33)20-9-10-23-34(3)13-12-25(48-31-28(43)26(41)27(42)29(49-31)30(44)46-7)35(4,19-39)22(34)11-14-36(23,5)37(20,6)18-24(38)40/h9,19,21-29,31,40-43H,10-18H2,1-8H3/t21-,22+,23+,24+,25-,26-,27-,28+,29-,31+,34-,35-,36+,37+,38+/m0/s1. The van der Waals surface area contributed by atoms with Gasteiger partial charge >= 0.3 is 11.9 Å². The highest BCUT2D eigenvalue weighted by atomic mass is 16.7. The molecule has 0 amide bonds. The minimum atomic E-state index is -1.71. The molecule has 15 atom stereocenters. The Kier molecular flexibility index (Phi) is 9.10. The number of aliphatic hydroxyl groups excluding tert-OH is 4. The summed E-state index contributed by atoms with van der Waals surface area (Å²) in [6.45, 7) is 13.4. The zero-order valence-corrected chi connectivity index (χ0v) is 30.4. The maximum absolute atomic E-state index is 13.6. The molecule has 1 heterocycles. The maximum atomic E-state index is 13.6. The minimum absolute atomic E-state index is 0.0210. The topological polar surface area (TPSA) is 169 Å². The largest absolute Gasteiger partial charge is 0.468 e. The van der Waals surface area contributed by atoms with Gasteiger partial charge in [0.2, 0.25) is 0 Å². The van der Waals surface area contributed by atoms with E-state index in [9.17, 15) is 34.8 Å². The summed E-state index contributed by atoms with van der Waals surface area (Å²) in [5.74, 6) is -1.23. The van der Waals surface area contributed by atoms with Crippen LogP contribution in [0.4, 0.5) is 0 Å². The van der Waals surface area contributed by atoms with Crippen molar-refractivity contribution in [2.75, 3.05) is 14.2 Å². The lowest BCUT2D eigenvalue weighted by Gasteiger charge is -2.71. The van der Waals surface area contributed by atoms with Gasteiger partial charge in [0.1, 0.15) is 30.0 Å². The summed E-state index contributed by atoms with van der Waals surface area (Å²) in [5.41, 5.74) is -1.50. The van der Waals surface area contributed by atoms with Gasteiger partial charge in [-0.3, -0.25) is 4.79 Å². The highest BCUT2D eigenvalue weighted by molar-refractivity contribution is 5.79. The van der Waals surface area contributed by atoms with Crippen LogP contribution in [0.25, 0.3) is 0 Å². The van der Waals surface area contributed by atoms with Gasteiger partial charge < -0.3 is 44.2 Å². The van der Waals surface area contributed by atoms with Crippen molar-refractivity contribution in [3.63, 3.8) is 0 Å². The number of methoxy groups -OCH3 is 2. The normalized spacial score (nSPS) is 51.9. The summed E-state index contributed by atoms with van der Waals surface area (Å²) in [6.07, 6.45) is 0.0314. The third-order valence-corrected chi connectivity index (χ3v) is 15.5. The van der Waals surface area contributed by atoms with Crippen molar-refractivity contribution in [3.05, 3.63) is 11.6 Å². The fraction of sp³-hybridized carbons (Fsp3) is 0.868. The smallest absolute Gasteiger partial charge is 0.337 e. The van der Waals surface area contributed by atoms with Gasteiger partial charge in [-0.2, -0.15) is 0 Å². The molecule has 11 heteroatoms. The van der Waals surface area contributed by atoms with Crippen LogP contribution in [0.1, 0.15) is 99.3 Å². The van der Waals surface area contributed by atoms with Crippen LogP contribution in [-0.2, 0) is 33.3 Å². The summed E-state index contributed by atoms with van der Waals surface area (Å²) in [7, 11) is 2.56. The Hall–Kier alpha value is -1.89. The average molecular weight is 691 g/mol. The number of ether oxygens (including phenoxy) is 4. The van der Waals surface area contributed by atoms with Crippen molar-refractivity contribution >= 4 is 18.2 Å². The summed E-state index contributed by atoms with van der Waals surface area (Å²) >= 11 is 0. The lowest BCUT2D eigenvalue weighted by atomic mass is 9.33. The molecule has 49 heavy (non-hydrogen) atoms. The van der Waals surface area contributed by atoms with Crippen molar-refractivity contribution in [3.8, 4) is 0 Å². The molecule has 1 saturated heterocycles. The minimum Gasteiger partial charge on any atom is -0.468 e. The highest BCUT2D eigenvalue weighted by Gasteiger charge is 2.72. The number of hydrogen-bond acceptors (Lipinski definition) is 11. The Morgan fingerprint density at radius 3 is 2.18 bits per heavy atom. The number of hydrogen-bond donors (Lipinski definition) is 4. The summed E-state index contributed by atoms with van der Waals surface area (Å²) < 4.78 is 22.1. The second-order valence-corrected chi connectivity index (χ2v) is 18.0. The van der Waals surface area contributed by atoms with E-state index in [0.717, 1.165) is 51.9 Å². The first-order valence-electron chi connectivity index (χ1n) is 18.2. The molecule has 276 valence electrons. The lowest BCUT2D eigenvalue weighted by molar-refractivity contribution is -0.321. The van der Waals surface area contributed by atoms with Gasteiger partial charge in [0.15, 0.2) is 12.4 Å². The van der Waals surface area contributed by atoms with E-state index in [1.165, 1.54) is 12.7 Å². The van der Waals surface area contributed by atoms with Crippen LogP contribution in [0, 0.1) is 50.2 Å². The van der Waals surface area contributed by atoms with Gasteiger partial charge in [0.25, 0.3) is 0 Å². The molecule has 0 unspecified atom stereocenters. The lowest BCUT2D eigenvalue weighted by Crippen LogP contribution is -2.68. The van der Waals surface area contributed by atoms with Gasteiger partial charge in [-0.15, -0.1) is 0 Å². The third kappa shape index (κ3) is 4.99. The van der Waals surface area contributed by atoms with Crippen molar-refractivity contribution in [2.24, 2.45) is 50.2 Å². The number of allylic oxidation sites excluding steroid dienone is 2. The van der Waals surface area contributed by atoms with E-state index >= 15 is 0 Å². The van der Waals surface area contributed by atoms with Crippen LogP contribution in [0.3, 0.4) is 0 Å². The van der Waals surface area contributed by atoms with Crippen LogP contribution >= 0.6 is 0 Å². The molecule has 6 aliphatic rings. The Balaban J connectivity index is 1.33. The fourth-order valence-corrected chi connectivity index (χ4v) is 12.4. The number of aldehydes is 1. The molecule has 0 bridgehead atoms. The van der Waals surface area contributed by atoms with E-state index in [2.05, 4.69) is 40.7 Å². The predicted octanol–water partition coefficient (Wildman–Crippen LogP) is 3.48. The van der Waals surface area contributed by atoms with E-state index < -0.39 is 59.7 Å². The molecule has 11 nitrogen and oxygen atoms in total. The van der Waals surface area contributed by atoms with E-state index in [-0.39, 0.29) is 45.4 Å². The van der Waals surface area contributed by atoms with Crippen molar-refractivity contribution in [1.82, 2.24) is 0 Å². The molecule has 4 saturated carbocycles. The van der Waals surface area contributed by atoms with E-state index in [4.69, 9.17) is 18.9 Å². The Morgan fingerprint density at radius 1 is 0.857 bits per heavy atom. The molecule has 1 aliphatic heterocycles. The first kappa shape index (κ1) is 36.9. The quantitative estimate of drug-likeness (QED) is 0.144. The van der Waals surface area contributed by atoms with Gasteiger partial charge in [-0.1, -0.05) is 53.2 Å². The summed E-state index contributed by atoms with van der Waals surface area (Å²) in [4.78, 5) is 39.1. The monoisotopic (exact) mass is 690 g/mol. The first-order chi connectivity index (χ1) is 22.8. The number of carbonyl (C=O) groups is 3. The Bertz CT molecular complexity index is 1380. The van der Waals surface area contributed by atoms with Crippen LogP contribution in [-0.4, -0.2) is 95.8 Å². The fourth-order valence-electron chi connectivity index (χ4n) is 12.4. The highest BCUT2D eigenvalue weighted by Crippen LogP contribution is 2.76. The number of rotatable bonds is 5. The molecule has 4 N–H and O–H groups in total. The summed E-state index contributed by atoms with van der Waals surface area (Å²) in [6, 6.07) is 0. The van der Waals surface area contributed by atoms with E-state index in [0.29, 0.717) is 19.3 Å². The van der Waals surface area contributed by atoms with E-state index in [1.807, 2.05) is 6.92 Å². The Morgan fingerprint density at radius 2 is 1.55 bits per heavy atom. The van der Waals surface area contributed by atoms with Crippen molar-refractivity contribution < 1.29 is 53.8 Å². The molecule has 5 fully saturated rings. The number of aliphatic hydroxyl groups is 4. The second kappa shape index (κ2) is 12.1. The van der Waals surface area contributed by atoms with Gasteiger partial charge in [-0.25, -0.2) is 4.79 Å². The van der Waals surface area contributed by atoms with Crippen LogP contribution in [0.2, 0.25) is 0 Å². The Labute approximate surface area is 290 Å².